The highest BCUT2D eigenvalue weighted by atomic mass is 16.6. The predicted octanol–water partition coefficient (Wildman–Crippen LogP) is 0.0710. The van der Waals surface area contributed by atoms with E-state index in [-0.39, 0.29) is 12.1 Å². The molecule has 0 radical (unpaired) electrons. The number of amides is 1. The Bertz CT molecular complexity index is 508. The van der Waals surface area contributed by atoms with Gasteiger partial charge in [-0.15, -0.1) is 0 Å². The first kappa shape index (κ1) is 12.1. The second-order valence-electron chi connectivity index (χ2n) is 3.72. The molecular weight excluding hydrogens is 240 g/mol. The largest absolute Gasteiger partial charge is 0.477 e. The lowest BCUT2D eigenvalue weighted by Crippen LogP contribution is -2.28. The van der Waals surface area contributed by atoms with Crippen LogP contribution in [0.15, 0.2) is 17.5 Å². The average Bonchev–Trinajstić information content (AvgIpc) is 2.97. The summed E-state index contributed by atoms with van der Waals surface area (Å²) in [5.74, 6) is -1.62. The number of anilines is 1. The van der Waals surface area contributed by atoms with Crippen LogP contribution in [0, 0.1) is 0 Å². The lowest BCUT2D eigenvalue weighted by atomic mass is 10.2. The molecule has 18 heavy (non-hydrogen) atoms. The molecule has 0 bridgehead atoms. The van der Waals surface area contributed by atoms with E-state index in [9.17, 15) is 9.59 Å². The van der Waals surface area contributed by atoms with E-state index in [1.54, 1.807) is 10.9 Å². The van der Waals surface area contributed by atoms with E-state index >= 15 is 0 Å². The molecule has 0 aliphatic carbocycles. The monoisotopic (exact) mass is 252 g/mol. The molecule has 1 unspecified atom stereocenters. The zero-order chi connectivity index (χ0) is 13.1. The van der Waals surface area contributed by atoms with Crippen LogP contribution in [0.2, 0.25) is 0 Å². The Morgan fingerprint density at radius 3 is 3.00 bits per heavy atom. The fourth-order valence-corrected chi connectivity index (χ4v) is 1.47. The second kappa shape index (κ2) is 4.86. The fraction of sp³-hybridized carbons (Fsp3) is 0.400. The van der Waals surface area contributed by atoms with E-state index in [1.807, 2.05) is 6.92 Å². The van der Waals surface area contributed by atoms with Crippen molar-refractivity contribution < 1.29 is 19.5 Å². The summed E-state index contributed by atoms with van der Waals surface area (Å²) >= 11 is 0. The van der Waals surface area contributed by atoms with Gasteiger partial charge in [-0.3, -0.25) is 9.48 Å². The Hall–Kier alpha value is -2.38. The smallest absolute Gasteiger partial charge is 0.353 e. The highest BCUT2D eigenvalue weighted by molar-refractivity contribution is 6.36. The first-order chi connectivity index (χ1) is 8.60. The normalized spacial score (nSPS) is 18.1. The van der Waals surface area contributed by atoms with Crippen molar-refractivity contribution in [1.29, 1.82) is 0 Å². The number of oxime groups is 1. The number of carboxylic acid groups (broad SMARTS) is 1. The quantitative estimate of drug-likeness (QED) is 0.788. The minimum absolute atomic E-state index is 0.0386. The Balaban J connectivity index is 1.92. The number of nitrogens with zero attached hydrogens (tertiary/aromatic N) is 3. The van der Waals surface area contributed by atoms with Crippen LogP contribution in [0.1, 0.15) is 13.3 Å². The summed E-state index contributed by atoms with van der Waals surface area (Å²) in [4.78, 5) is 27.1. The molecule has 0 saturated heterocycles. The first-order valence-corrected chi connectivity index (χ1v) is 5.39. The second-order valence-corrected chi connectivity index (χ2v) is 3.72. The van der Waals surface area contributed by atoms with Gasteiger partial charge in [-0.1, -0.05) is 5.16 Å². The molecule has 96 valence electrons. The van der Waals surface area contributed by atoms with E-state index in [2.05, 4.69) is 15.6 Å². The fourth-order valence-electron chi connectivity index (χ4n) is 1.47. The summed E-state index contributed by atoms with van der Waals surface area (Å²) in [6.45, 7) is 2.62. The minimum atomic E-state index is -1.18. The molecule has 0 fully saturated rings. The maximum Gasteiger partial charge on any atom is 0.353 e. The van der Waals surface area contributed by atoms with Gasteiger partial charge in [-0.05, 0) is 6.92 Å². The SMILES string of the molecule is CCn1cc(NC(=O)C2CC(C(=O)O)=NO2)cn1. The summed E-state index contributed by atoms with van der Waals surface area (Å²) in [5, 5.41) is 18.6. The third-order valence-electron chi connectivity index (χ3n) is 2.43. The number of aliphatic carboxylic acids is 1. The van der Waals surface area contributed by atoms with Crippen LogP contribution in [0.5, 0.6) is 0 Å². The van der Waals surface area contributed by atoms with Gasteiger partial charge in [-0.2, -0.15) is 5.10 Å². The van der Waals surface area contributed by atoms with Crippen molar-refractivity contribution in [2.45, 2.75) is 26.0 Å². The van der Waals surface area contributed by atoms with Crippen molar-refractivity contribution in [3.8, 4) is 0 Å². The molecular formula is C10H12N4O4. The van der Waals surface area contributed by atoms with Crippen LogP contribution in [-0.2, 0) is 21.0 Å². The third kappa shape index (κ3) is 2.47. The van der Waals surface area contributed by atoms with Crippen molar-refractivity contribution in [1.82, 2.24) is 9.78 Å². The molecule has 2 heterocycles. The molecule has 1 amide bonds. The molecule has 0 spiro atoms. The Labute approximate surface area is 102 Å². The van der Waals surface area contributed by atoms with Crippen molar-refractivity contribution in [2.75, 3.05) is 5.32 Å². The topological polar surface area (TPSA) is 106 Å². The molecule has 1 aromatic heterocycles. The highest BCUT2D eigenvalue weighted by Crippen LogP contribution is 2.14. The van der Waals surface area contributed by atoms with Gasteiger partial charge in [0, 0.05) is 19.2 Å². The summed E-state index contributed by atoms with van der Waals surface area (Å²) in [7, 11) is 0. The summed E-state index contributed by atoms with van der Waals surface area (Å²) in [5.41, 5.74) is 0.383. The number of nitrogens with one attached hydrogen (secondary N) is 1. The number of carbonyl (C=O) groups excluding carboxylic acids is 1. The Morgan fingerprint density at radius 1 is 1.67 bits per heavy atom. The third-order valence-corrected chi connectivity index (χ3v) is 2.43. The van der Waals surface area contributed by atoms with Crippen molar-refractivity contribution >= 4 is 23.3 Å². The van der Waals surface area contributed by atoms with Gasteiger partial charge in [0.15, 0.2) is 5.71 Å². The maximum absolute atomic E-state index is 11.7. The maximum atomic E-state index is 11.7. The zero-order valence-electron chi connectivity index (χ0n) is 9.66. The number of hydrogen-bond acceptors (Lipinski definition) is 5. The van der Waals surface area contributed by atoms with E-state index < -0.39 is 18.0 Å². The number of rotatable bonds is 4. The number of carboxylic acids is 1. The van der Waals surface area contributed by atoms with E-state index in [0.717, 1.165) is 0 Å². The highest BCUT2D eigenvalue weighted by Gasteiger charge is 2.31. The Kier molecular flexibility index (Phi) is 3.26. The van der Waals surface area contributed by atoms with Crippen LogP contribution in [0.25, 0.3) is 0 Å². The van der Waals surface area contributed by atoms with Crippen LogP contribution in [0.4, 0.5) is 5.69 Å². The summed E-state index contributed by atoms with van der Waals surface area (Å²) in [6.07, 6.45) is 2.24. The van der Waals surface area contributed by atoms with Gasteiger partial charge < -0.3 is 15.3 Å². The molecule has 0 saturated carbocycles. The van der Waals surface area contributed by atoms with Gasteiger partial charge in [0.05, 0.1) is 11.9 Å². The molecule has 2 N–H and O–H groups in total. The molecule has 2 rings (SSSR count). The van der Waals surface area contributed by atoms with E-state index in [1.165, 1.54) is 6.20 Å². The minimum Gasteiger partial charge on any atom is -0.477 e. The average molecular weight is 252 g/mol. The molecule has 1 atom stereocenters. The summed E-state index contributed by atoms with van der Waals surface area (Å²) in [6, 6.07) is 0. The first-order valence-electron chi connectivity index (χ1n) is 5.39. The molecule has 0 aromatic carbocycles. The van der Waals surface area contributed by atoms with Gasteiger partial charge >= 0.3 is 5.97 Å². The molecule has 8 heteroatoms. The standard InChI is InChI=1S/C10H12N4O4/c1-2-14-5-6(4-11-14)12-9(15)8-3-7(10(16)17)13-18-8/h4-5,8H,2-3H2,1H3,(H,12,15)(H,16,17). The number of aryl methyl sites for hydroxylation is 1. The van der Waals surface area contributed by atoms with E-state index in [0.29, 0.717) is 12.2 Å². The number of aromatic nitrogens is 2. The van der Waals surface area contributed by atoms with Crippen LogP contribution in [-0.4, -0.2) is 38.6 Å². The number of carbonyl (C=O) groups is 2. The molecule has 8 nitrogen and oxygen atoms in total. The van der Waals surface area contributed by atoms with Crippen molar-refractivity contribution in [2.24, 2.45) is 5.16 Å². The zero-order valence-corrected chi connectivity index (χ0v) is 9.66. The van der Waals surface area contributed by atoms with Gasteiger partial charge in [0.25, 0.3) is 5.91 Å². The van der Waals surface area contributed by atoms with Crippen molar-refractivity contribution in [3.05, 3.63) is 12.4 Å². The van der Waals surface area contributed by atoms with Crippen LogP contribution >= 0.6 is 0 Å². The Morgan fingerprint density at radius 2 is 2.44 bits per heavy atom. The molecule has 1 aliphatic heterocycles. The van der Waals surface area contributed by atoms with Gasteiger partial charge in [0.2, 0.25) is 6.10 Å². The van der Waals surface area contributed by atoms with Gasteiger partial charge in [0.1, 0.15) is 0 Å². The van der Waals surface area contributed by atoms with Gasteiger partial charge in [-0.25, -0.2) is 4.79 Å². The molecule has 1 aromatic rings. The molecule has 1 aliphatic rings. The lowest BCUT2D eigenvalue weighted by molar-refractivity contribution is -0.129. The van der Waals surface area contributed by atoms with Crippen LogP contribution in [0.3, 0.4) is 0 Å². The number of hydrogen-bond donors (Lipinski definition) is 2. The summed E-state index contributed by atoms with van der Waals surface area (Å²) < 4.78 is 1.66. The van der Waals surface area contributed by atoms with Crippen molar-refractivity contribution in [3.63, 3.8) is 0 Å². The van der Waals surface area contributed by atoms with E-state index in [4.69, 9.17) is 9.94 Å². The predicted molar refractivity (Wildman–Crippen MR) is 61.1 cm³/mol. The van der Waals surface area contributed by atoms with Crippen LogP contribution < -0.4 is 5.32 Å². The lowest BCUT2D eigenvalue weighted by Gasteiger charge is -2.07.